The first-order chi connectivity index (χ1) is 9.55. The fourth-order valence-electron chi connectivity index (χ4n) is 2.83. The van der Waals surface area contributed by atoms with Crippen molar-refractivity contribution in [2.45, 2.75) is 91.0 Å². The monoisotopic (exact) mass is 342 g/mol. The van der Waals surface area contributed by atoms with E-state index in [-0.39, 0.29) is 5.54 Å². The van der Waals surface area contributed by atoms with Gasteiger partial charge in [-0.3, -0.25) is 0 Å². The molecule has 0 amide bonds. The molecule has 1 aromatic heterocycles. The van der Waals surface area contributed by atoms with Crippen molar-refractivity contribution in [1.82, 2.24) is 9.55 Å². The van der Waals surface area contributed by atoms with Gasteiger partial charge in [0.05, 0.1) is 12.0 Å². The maximum atomic E-state index is 4.46. The molecule has 0 aliphatic carbocycles. The molecule has 116 valence electrons. The molecule has 1 aromatic rings. The Morgan fingerprint density at radius 2 is 1.65 bits per heavy atom. The summed E-state index contributed by atoms with van der Waals surface area (Å²) in [5.74, 6) is 0. The molecular weight excluding hydrogens is 312 g/mol. The van der Waals surface area contributed by atoms with Crippen LogP contribution >= 0.6 is 15.9 Å². The molecule has 0 aromatic carbocycles. The number of rotatable bonds is 10. The first kappa shape index (κ1) is 17.7. The molecule has 2 nitrogen and oxygen atoms in total. The summed E-state index contributed by atoms with van der Waals surface area (Å²) in [6.45, 7) is 9.02. The predicted molar refractivity (Wildman–Crippen MR) is 91.2 cm³/mol. The molecule has 0 bridgehead atoms. The number of unbranched alkanes of at least 4 members (excludes halogenated alkanes) is 5. The third kappa shape index (κ3) is 4.91. The molecule has 0 saturated heterocycles. The van der Waals surface area contributed by atoms with Crippen molar-refractivity contribution in [3.05, 3.63) is 16.6 Å². The third-order valence-electron chi connectivity index (χ3n) is 4.35. The molecule has 3 heteroatoms. The summed E-state index contributed by atoms with van der Waals surface area (Å²) in [6, 6.07) is 0. The van der Waals surface area contributed by atoms with E-state index in [1.165, 1.54) is 57.8 Å². The van der Waals surface area contributed by atoms with Gasteiger partial charge in [0.1, 0.15) is 4.60 Å². The van der Waals surface area contributed by atoms with Gasteiger partial charge in [-0.25, -0.2) is 4.98 Å². The summed E-state index contributed by atoms with van der Waals surface area (Å²) < 4.78 is 3.52. The molecule has 0 aliphatic rings. The zero-order valence-corrected chi connectivity index (χ0v) is 15.3. The van der Waals surface area contributed by atoms with Crippen molar-refractivity contribution in [2.75, 3.05) is 0 Å². The second-order valence-corrected chi connectivity index (χ2v) is 7.01. The van der Waals surface area contributed by atoms with Crippen molar-refractivity contribution in [2.24, 2.45) is 0 Å². The Hall–Kier alpha value is -0.310. The Balaban J connectivity index is 2.68. The second-order valence-electron chi connectivity index (χ2n) is 6.26. The number of halogens is 1. The normalized spacial score (nSPS) is 14.4. The molecule has 1 unspecified atom stereocenters. The fourth-order valence-corrected chi connectivity index (χ4v) is 3.45. The molecule has 1 atom stereocenters. The lowest BCUT2D eigenvalue weighted by Gasteiger charge is -2.32. The molecule has 0 N–H and O–H groups in total. The van der Waals surface area contributed by atoms with Gasteiger partial charge in [-0.05, 0) is 42.6 Å². The molecule has 0 saturated carbocycles. The van der Waals surface area contributed by atoms with Crippen LogP contribution in [0, 0.1) is 6.92 Å². The van der Waals surface area contributed by atoms with Crippen molar-refractivity contribution >= 4 is 15.9 Å². The highest BCUT2D eigenvalue weighted by Crippen LogP contribution is 2.33. The van der Waals surface area contributed by atoms with E-state index >= 15 is 0 Å². The van der Waals surface area contributed by atoms with Gasteiger partial charge in [0.2, 0.25) is 0 Å². The van der Waals surface area contributed by atoms with Crippen molar-refractivity contribution in [3.8, 4) is 0 Å². The van der Waals surface area contributed by atoms with Crippen LogP contribution in [-0.4, -0.2) is 9.55 Å². The molecule has 0 radical (unpaired) electrons. The Morgan fingerprint density at radius 3 is 2.20 bits per heavy atom. The Bertz CT molecular complexity index is 386. The smallest absolute Gasteiger partial charge is 0.108 e. The minimum absolute atomic E-state index is 0.211. The van der Waals surface area contributed by atoms with Gasteiger partial charge in [0.25, 0.3) is 0 Å². The summed E-state index contributed by atoms with van der Waals surface area (Å²) in [5.41, 5.74) is 1.31. The van der Waals surface area contributed by atoms with E-state index in [1.54, 1.807) is 0 Å². The highest BCUT2D eigenvalue weighted by molar-refractivity contribution is 9.10. The highest BCUT2D eigenvalue weighted by Gasteiger charge is 2.27. The van der Waals surface area contributed by atoms with E-state index in [9.17, 15) is 0 Å². The Labute approximate surface area is 133 Å². The van der Waals surface area contributed by atoms with Crippen LogP contribution in [-0.2, 0) is 5.54 Å². The average Bonchev–Trinajstić information content (AvgIpc) is 2.77. The number of hydrogen-bond donors (Lipinski definition) is 0. The van der Waals surface area contributed by atoms with E-state index in [0.29, 0.717) is 0 Å². The number of nitrogens with zero attached hydrogens (tertiary/aromatic N) is 2. The predicted octanol–water partition coefficient (Wildman–Crippen LogP) is 6.22. The molecule has 1 heterocycles. The standard InChI is InChI=1S/C17H31BrN2/c1-5-7-9-10-11-13-17(4,12-8-6-2)20-14-19-15(3)16(20)18/h14H,5-13H2,1-4H3. The van der Waals surface area contributed by atoms with Gasteiger partial charge in [-0.1, -0.05) is 58.8 Å². The maximum Gasteiger partial charge on any atom is 0.108 e. The summed E-state index contributed by atoms with van der Waals surface area (Å²) >= 11 is 3.71. The maximum absolute atomic E-state index is 4.46. The fraction of sp³-hybridized carbons (Fsp3) is 0.824. The van der Waals surface area contributed by atoms with Crippen LogP contribution in [0.25, 0.3) is 0 Å². The second kappa shape index (κ2) is 8.86. The van der Waals surface area contributed by atoms with E-state index in [4.69, 9.17) is 0 Å². The van der Waals surface area contributed by atoms with Crippen molar-refractivity contribution in [1.29, 1.82) is 0 Å². The lowest BCUT2D eigenvalue weighted by atomic mass is 9.88. The van der Waals surface area contributed by atoms with Crippen molar-refractivity contribution < 1.29 is 0 Å². The number of aromatic nitrogens is 2. The quantitative estimate of drug-likeness (QED) is 0.461. The average molecular weight is 343 g/mol. The van der Waals surface area contributed by atoms with E-state index in [0.717, 1.165) is 10.3 Å². The van der Waals surface area contributed by atoms with Crippen LogP contribution in [0.1, 0.15) is 84.3 Å². The lowest BCUT2D eigenvalue weighted by molar-refractivity contribution is 0.248. The molecule has 0 spiro atoms. The van der Waals surface area contributed by atoms with Gasteiger partial charge < -0.3 is 4.57 Å². The van der Waals surface area contributed by atoms with E-state index in [1.807, 2.05) is 6.33 Å². The van der Waals surface area contributed by atoms with Crippen molar-refractivity contribution in [3.63, 3.8) is 0 Å². The van der Waals surface area contributed by atoms with Crippen LogP contribution in [0.3, 0.4) is 0 Å². The van der Waals surface area contributed by atoms with Gasteiger partial charge in [0, 0.05) is 5.54 Å². The summed E-state index contributed by atoms with van der Waals surface area (Å²) in [5, 5.41) is 0. The summed E-state index contributed by atoms with van der Waals surface area (Å²) in [6.07, 6.45) is 13.8. The summed E-state index contributed by atoms with van der Waals surface area (Å²) in [7, 11) is 0. The molecule has 20 heavy (non-hydrogen) atoms. The minimum atomic E-state index is 0.211. The minimum Gasteiger partial charge on any atom is -0.319 e. The van der Waals surface area contributed by atoms with Crippen LogP contribution in [0.15, 0.2) is 10.9 Å². The number of hydrogen-bond acceptors (Lipinski definition) is 1. The largest absolute Gasteiger partial charge is 0.319 e. The topological polar surface area (TPSA) is 17.8 Å². The van der Waals surface area contributed by atoms with Crippen LogP contribution in [0.5, 0.6) is 0 Å². The van der Waals surface area contributed by atoms with Crippen LogP contribution in [0.4, 0.5) is 0 Å². The van der Waals surface area contributed by atoms with Gasteiger partial charge in [-0.15, -0.1) is 0 Å². The zero-order valence-electron chi connectivity index (χ0n) is 13.7. The third-order valence-corrected chi connectivity index (χ3v) is 5.30. The Kier molecular flexibility index (Phi) is 7.86. The van der Waals surface area contributed by atoms with Gasteiger partial charge in [0.15, 0.2) is 0 Å². The van der Waals surface area contributed by atoms with Gasteiger partial charge >= 0.3 is 0 Å². The zero-order chi connectivity index (χ0) is 15.0. The molecule has 0 aliphatic heterocycles. The molecular formula is C17H31BrN2. The SMILES string of the molecule is CCCCCCCC(C)(CCCC)n1cnc(C)c1Br. The van der Waals surface area contributed by atoms with Crippen LogP contribution in [0.2, 0.25) is 0 Å². The highest BCUT2D eigenvalue weighted by atomic mass is 79.9. The Morgan fingerprint density at radius 1 is 1.05 bits per heavy atom. The van der Waals surface area contributed by atoms with E-state index in [2.05, 4.69) is 53.2 Å². The van der Waals surface area contributed by atoms with Gasteiger partial charge in [-0.2, -0.15) is 0 Å². The number of imidazole rings is 1. The number of aryl methyl sites for hydroxylation is 1. The van der Waals surface area contributed by atoms with E-state index < -0.39 is 0 Å². The van der Waals surface area contributed by atoms with Crippen LogP contribution < -0.4 is 0 Å². The first-order valence-electron chi connectivity index (χ1n) is 8.25. The molecule has 0 fully saturated rings. The molecule has 1 rings (SSSR count). The first-order valence-corrected chi connectivity index (χ1v) is 9.04. The lowest BCUT2D eigenvalue weighted by Crippen LogP contribution is -2.30. The summed E-state index contributed by atoms with van der Waals surface area (Å²) in [4.78, 5) is 4.46.